The van der Waals surface area contributed by atoms with Crippen LogP contribution in [0.3, 0.4) is 0 Å². The lowest BCUT2D eigenvalue weighted by atomic mass is 9.93. The predicted molar refractivity (Wildman–Crippen MR) is 112 cm³/mol. The number of urea groups is 1. The number of pyridine rings is 1. The topological polar surface area (TPSA) is 120 Å². The molecule has 2 atom stereocenters. The summed E-state index contributed by atoms with van der Waals surface area (Å²) in [5, 5.41) is 2.55. The molecule has 14 heteroatoms. The van der Waals surface area contributed by atoms with Gasteiger partial charge in [0.05, 0.1) is 17.6 Å². The number of hydrogen-bond acceptors (Lipinski definition) is 6. The monoisotopic (exact) mass is 489 g/mol. The normalized spacial score (nSPS) is 17.9. The minimum atomic E-state index is -4.46. The second kappa shape index (κ2) is 8.96. The molecule has 9 nitrogen and oxygen atoms in total. The maximum atomic E-state index is 13.0. The van der Waals surface area contributed by atoms with E-state index >= 15 is 0 Å². The van der Waals surface area contributed by atoms with Crippen molar-refractivity contribution in [2.45, 2.75) is 29.3 Å². The van der Waals surface area contributed by atoms with E-state index < -0.39 is 39.6 Å². The summed E-state index contributed by atoms with van der Waals surface area (Å²) < 4.78 is 65.7. The van der Waals surface area contributed by atoms with Gasteiger partial charge in [-0.15, -0.1) is 0 Å². The number of carbonyl (C=O) groups is 2. The van der Waals surface area contributed by atoms with Gasteiger partial charge in [-0.1, -0.05) is 6.92 Å². The summed E-state index contributed by atoms with van der Waals surface area (Å²) in [6.07, 6.45) is 2.69. The third-order valence-corrected chi connectivity index (χ3v) is 6.42. The molecule has 172 valence electrons. The smallest absolute Gasteiger partial charge is 0.325 e. The Morgan fingerprint density at radius 2 is 1.84 bits per heavy atom. The first-order valence-corrected chi connectivity index (χ1v) is 11.4. The summed E-state index contributed by atoms with van der Waals surface area (Å²) in [4.78, 5) is 30.1. The second-order valence-electron chi connectivity index (χ2n) is 6.70. The molecule has 32 heavy (non-hydrogen) atoms. The van der Waals surface area contributed by atoms with Crippen LogP contribution in [0.5, 0.6) is 0 Å². The van der Waals surface area contributed by atoms with Crippen molar-refractivity contribution in [1.29, 1.82) is 0 Å². The van der Waals surface area contributed by atoms with Crippen LogP contribution in [0.15, 0.2) is 47.6 Å². The minimum absolute atomic E-state index is 0.0866. The van der Waals surface area contributed by atoms with Crippen LogP contribution in [-0.4, -0.2) is 43.9 Å². The van der Waals surface area contributed by atoms with Gasteiger partial charge in [0.2, 0.25) is 0 Å². The number of halogens is 3. The number of thioether (sulfide) groups is 1. The van der Waals surface area contributed by atoms with E-state index in [0.717, 1.165) is 17.0 Å². The van der Waals surface area contributed by atoms with Crippen LogP contribution in [0.4, 0.5) is 29.3 Å². The fourth-order valence-electron chi connectivity index (χ4n) is 3.14. The number of carbonyl (C=O) groups excluding carboxylic acids is 2. The second-order valence-corrected chi connectivity index (χ2v) is 9.46. The van der Waals surface area contributed by atoms with E-state index in [4.69, 9.17) is 0 Å². The van der Waals surface area contributed by atoms with Gasteiger partial charge >= 0.3 is 11.5 Å². The van der Waals surface area contributed by atoms with Gasteiger partial charge in [0.1, 0.15) is 6.04 Å². The fourth-order valence-corrected chi connectivity index (χ4v) is 4.24. The maximum Gasteiger partial charge on any atom is 0.446 e. The molecule has 2 heterocycles. The average Bonchev–Trinajstić information content (AvgIpc) is 3.01. The van der Waals surface area contributed by atoms with Crippen molar-refractivity contribution in [3.05, 3.63) is 48.3 Å². The van der Waals surface area contributed by atoms with Gasteiger partial charge in [0, 0.05) is 24.1 Å². The van der Waals surface area contributed by atoms with Crippen LogP contribution in [0.1, 0.15) is 18.4 Å². The van der Waals surface area contributed by atoms with Crippen LogP contribution >= 0.6 is 11.8 Å². The molecule has 0 aliphatic carbocycles. The first-order chi connectivity index (χ1) is 14.9. The molecule has 1 aliphatic heterocycles. The van der Waals surface area contributed by atoms with E-state index in [9.17, 15) is 31.2 Å². The molecule has 3 rings (SSSR count). The summed E-state index contributed by atoms with van der Waals surface area (Å²) in [5.74, 6) is -1.29. The van der Waals surface area contributed by atoms with Crippen LogP contribution in [0.2, 0.25) is 0 Å². The molecule has 0 saturated carbocycles. The Morgan fingerprint density at radius 1 is 1.19 bits per heavy atom. The summed E-state index contributed by atoms with van der Waals surface area (Å²) >= 11 is -0.307. The standard InChI is InChI=1S/C18H18F3N5O4S2/c1-10(13-7-8-23-9-14(13)25-32(29,30)22-2)15-16(27)26(17(28)24-15)11-3-5-12(6-4-11)31-18(19,20)21/h3-10,15,22,25H,1-2H3,(H,24,28). The Kier molecular flexibility index (Phi) is 6.67. The number of aromatic nitrogens is 1. The first-order valence-electron chi connectivity index (χ1n) is 9.07. The van der Waals surface area contributed by atoms with Gasteiger partial charge < -0.3 is 5.32 Å². The predicted octanol–water partition coefficient (Wildman–Crippen LogP) is 2.80. The number of rotatable bonds is 7. The third-order valence-electron chi connectivity index (χ3n) is 4.66. The number of nitrogens with zero attached hydrogens (tertiary/aromatic N) is 2. The molecule has 1 aliphatic rings. The van der Waals surface area contributed by atoms with E-state index in [1.54, 1.807) is 6.92 Å². The molecule has 0 radical (unpaired) electrons. The maximum absolute atomic E-state index is 13.0. The molecule has 2 unspecified atom stereocenters. The Balaban J connectivity index is 1.84. The fraction of sp³-hybridized carbons (Fsp3) is 0.278. The highest BCUT2D eigenvalue weighted by Crippen LogP contribution is 2.38. The van der Waals surface area contributed by atoms with Crippen molar-refractivity contribution >= 4 is 45.3 Å². The zero-order chi connectivity index (χ0) is 23.7. The van der Waals surface area contributed by atoms with E-state index in [2.05, 4.69) is 19.7 Å². The lowest BCUT2D eigenvalue weighted by molar-refractivity contribution is -0.118. The van der Waals surface area contributed by atoms with Gasteiger partial charge in [0.15, 0.2) is 0 Å². The highest BCUT2D eigenvalue weighted by atomic mass is 32.2. The van der Waals surface area contributed by atoms with Crippen molar-refractivity contribution in [1.82, 2.24) is 15.0 Å². The summed E-state index contributed by atoms with van der Waals surface area (Å²) in [6.45, 7) is 1.63. The molecule has 1 aromatic carbocycles. The molecule has 0 bridgehead atoms. The highest BCUT2D eigenvalue weighted by Gasteiger charge is 2.43. The largest absolute Gasteiger partial charge is 0.446 e. The van der Waals surface area contributed by atoms with Gasteiger partial charge in [-0.25, -0.2) is 14.4 Å². The lowest BCUT2D eigenvalue weighted by Crippen LogP contribution is -2.35. The number of imide groups is 1. The summed E-state index contributed by atoms with van der Waals surface area (Å²) in [5.41, 5.74) is -3.81. The number of alkyl halides is 3. The third kappa shape index (κ3) is 5.31. The van der Waals surface area contributed by atoms with Crippen molar-refractivity contribution in [3.63, 3.8) is 0 Å². The Hall–Kier alpha value is -2.84. The van der Waals surface area contributed by atoms with E-state index in [0.29, 0.717) is 5.56 Å². The SMILES string of the molecule is CNS(=O)(=O)Nc1cnccc1C(C)C1NC(=O)N(c2ccc(SC(F)(F)F)cc2)C1=O. The van der Waals surface area contributed by atoms with Crippen molar-refractivity contribution in [2.75, 3.05) is 16.7 Å². The van der Waals surface area contributed by atoms with Crippen molar-refractivity contribution in [3.8, 4) is 0 Å². The van der Waals surface area contributed by atoms with Crippen LogP contribution < -0.4 is 19.7 Å². The Bertz CT molecular complexity index is 1130. The average molecular weight is 490 g/mol. The number of hydrogen-bond donors (Lipinski definition) is 3. The van der Waals surface area contributed by atoms with Crippen LogP contribution in [0.25, 0.3) is 0 Å². The Labute approximate surface area is 186 Å². The molecule has 3 amide bonds. The van der Waals surface area contributed by atoms with Crippen molar-refractivity contribution < 1.29 is 31.2 Å². The number of benzene rings is 1. The summed E-state index contributed by atoms with van der Waals surface area (Å²) in [7, 11) is -2.63. The minimum Gasteiger partial charge on any atom is -0.325 e. The molecule has 2 aromatic rings. The molecule has 1 aromatic heterocycles. The highest BCUT2D eigenvalue weighted by molar-refractivity contribution is 8.00. The molecule has 1 fully saturated rings. The van der Waals surface area contributed by atoms with E-state index in [1.165, 1.54) is 37.6 Å². The quantitative estimate of drug-likeness (QED) is 0.406. The molecule has 1 saturated heterocycles. The van der Waals surface area contributed by atoms with Gasteiger partial charge in [-0.05, 0) is 47.7 Å². The van der Waals surface area contributed by atoms with Gasteiger partial charge in [-0.2, -0.15) is 21.6 Å². The van der Waals surface area contributed by atoms with E-state index in [1.807, 2.05) is 0 Å². The number of anilines is 2. The number of nitrogens with one attached hydrogen (secondary N) is 3. The number of amides is 3. The van der Waals surface area contributed by atoms with Crippen molar-refractivity contribution in [2.24, 2.45) is 0 Å². The lowest BCUT2D eigenvalue weighted by Gasteiger charge is -2.21. The van der Waals surface area contributed by atoms with Crippen LogP contribution in [-0.2, 0) is 15.0 Å². The molecule has 0 spiro atoms. The van der Waals surface area contributed by atoms with E-state index in [-0.39, 0.29) is 28.0 Å². The van der Waals surface area contributed by atoms with Crippen LogP contribution in [0, 0.1) is 0 Å². The molecule has 3 N–H and O–H groups in total. The summed E-state index contributed by atoms with van der Waals surface area (Å²) in [6, 6.07) is 4.57. The Morgan fingerprint density at radius 3 is 2.44 bits per heavy atom. The zero-order valence-corrected chi connectivity index (χ0v) is 18.3. The molecular weight excluding hydrogens is 471 g/mol. The molecular formula is C18H18F3N5O4S2. The van der Waals surface area contributed by atoms with Gasteiger partial charge in [-0.3, -0.25) is 14.5 Å². The zero-order valence-electron chi connectivity index (χ0n) is 16.7. The van der Waals surface area contributed by atoms with Gasteiger partial charge in [0.25, 0.3) is 16.1 Å². The first kappa shape index (κ1) is 23.8.